The van der Waals surface area contributed by atoms with Gasteiger partial charge in [0.15, 0.2) is 0 Å². The van der Waals surface area contributed by atoms with Crippen molar-refractivity contribution in [1.29, 1.82) is 10.7 Å². The van der Waals surface area contributed by atoms with Gasteiger partial charge in [-0.2, -0.15) is 5.26 Å². The summed E-state index contributed by atoms with van der Waals surface area (Å²) in [6.45, 7) is 6.62. The monoisotopic (exact) mass is 205 g/mol. The maximum atomic E-state index is 9.17. The number of amidine groups is 1. The number of hydrogen-bond acceptors (Lipinski definition) is 3. The third-order valence-electron chi connectivity index (χ3n) is 3.10. The predicted molar refractivity (Wildman–Crippen MR) is 56.5 cm³/mol. The lowest BCUT2D eigenvalue weighted by Gasteiger charge is -2.43. The highest BCUT2D eigenvalue weighted by atomic mass is 16.5. The van der Waals surface area contributed by atoms with E-state index in [4.69, 9.17) is 15.4 Å². The van der Waals surface area contributed by atoms with Gasteiger partial charge in [-0.15, -0.1) is 0 Å². The molecular formula is C11H15N3O. The first-order valence-corrected chi connectivity index (χ1v) is 5.17. The fraction of sp³-hybridized carbons (Fsp3) is 0.636. The molecule has 1 aliphatic heterocycles. The van der Waals surface area contributed by atoms with Crippen molar-refractivity contribution in [3.05, 3.63) is 12.2 Å². The Balaban J connectivity index is 2.06. The molecule has 0 aromatic heterocycles. The molecule has 0 spiro atoms. The van der Waals surface area contributed by atoms with E-state index in [1.165, 1.54) is 0 Å². The zero-order valence-electron chi connectivity index (χ0n) is 8.75. The lowest BCUT2D eigenvalue weighted by Crippen LogP contribution is -2.51. The van der Waals surface area contributed by atoms with Gasteiger partial charge in [0, 0.05) is 13.1 Å². The van der Waals surface area contributed by atoms with Crippen LogP contribution in [0, 0.1) is 22.2 Å². The molecule has 1 aliphatic carbocycles. The van der Waals surface area contributed by atoms with Crippen molar-refractivity contribution in [2.24, 2.45) is 5.41 Å². The lowest BCUT2D eigenvalue weighted by atomic mass is 9.66. The molecule has 2 aliphatic rings. The van der Waals surface area contributed by atoms with Crippen LogP contribution in [0.3, 0.4) is 0 Å². The second-order valence-electron chi connectivity index (χ2n) is 4.25. The molecule has 2 rings (SSSR count). The van der Waals surface area contributed by atoms with E-state index in [1.54, 1.807) is 0 Å². The Kier molecular flexibility index (Phi) is 2.49. The molecule has 1 heterocycles. The van der Waals surface area contributed by atoms with Crippen LogP contribution in [0.2, 0.25) is 0 Å². The highest BCUT2D eigenvalue weighted by Gasteiger charge is 2.46. The Hall–Kier alpha value is -1.34. The predicted octanol–water partition coefficient (Wildman–Crippen LogP) is 1.16. The van der Waals surface area contributed by atoms with Crippen molar-refractivity contribution < 1.29 is 4.74 Å². The van der Waals surface area contributed by atoms with Crippen LogP contribution in [0.25, 0.3) is 0 Å². The molecule has 0 aromatic rings. The van der Waals surface area contributed by atoms with Gasteiger partial charge in [0.2, 0.25) is 0 Å². The summed E-state index contributed by atoms with van der Waals surface area (Å²) in [5.74, 6) is 0.459. The molecule has 0 bridgehead atoms. The van der Waals surface area contributed by atoms with Crippen molar-refractivity contribution in [2.45, 2.75) is 12.8 Å². The number of morpholine rings is 1. The zero-order chi connectivity index (χ0) is 10.9. The normalized spacial score (nSPS) is 24.2. The number of allylic oxidation sites excluding steroid dienone is 1. The van der Waals surface area contributed by atoms with Crippen molar-refractivity contribution in [1.82, 2.24) is 4.90 Å². The van der Waals surface area contributed by atoms with Crippen LogP contribution in [0.15, 0.2) is 12.2 Å². The van der Waals surface area contributed by atoms with E-state index < -0.39 is 5.41 Å². The number of rotatable bonds is 1. The van der Waals surface area contributed by atoms with Gasteiger partial charge in [-0.25, -0.2) is 0 Å². The first-order valence-electron chi connectivity index (χ1n) is 5.17. The number of nitriles is 1. The van der Waals surface area contributed by atoms with E-state index in [0.717, 1.165) is 18.7 Å². The van der Waals surface area contributed by atoms with Crippen molar-refractivity contribution in [2.75, 3.05) is 26.3 Å². The van der Waals surface area contributed by atoms with Crippen molar-refractivity contribution >= 4 is 5.84 Å². The fourth-order valence-corrected chi connectivity index (χ4v) is 2.19. The zero-order valence-corrected chi connectivity index (χ0v) is 8.75. The number of nitrogens with zero attached hydrogens (tertiary/aromatic N) is 2. The maximum absolute atomic E-state index is 9.17. The smallest absolute Gasteiger partial charge is 0.121 e. The summed E-state index contributed by atoms with van der Waals surface area (Å²) in [4.78, 5) is 1.96. The topological polar surface area (TPSA) is 60.1 Å². The van der Waals surface area contributed by atoms with E-state index in [2.05, 4.69) is 12.6 Å². The minimum absolute atomic E-state index is 0.459. The van der Waals surface area contributed by atoms with Gasteiger partial charge in [0.1, 0.15) is 11.3 Å². The average Bonchev–Trinajstić information content (AvgIpc) is 2.25. The van der Waals surface area contributed by atoms with Crippen LogP contribution in [-0.4, -0.2) is 37.0 Å². The van der Waals surface area contributed by atoms with E-state index in [1.807, 2.05) is 4.90 Å². The van der Waals surface area contributed by atoms with Crippen molar-refractivity contribution in [3.63, 3.8) is 0 Å². The first-order chi connectivity index (χ1) is 7.18. The molecule has 2 fully saturated rings. The molecule has 0 aromatic carbocycles. The van der Waals surface area contributed by atoms with E-state index in [0.29, 0.717) is 31.9 Å². The summed E-state index contributed by atoms with van der Waals surface area (Å²) in [6.07, 6.45) is 1.30. The Morgan fingerprint density at radius 2 is 2.07 bits per heavy atom. The molecule has 4 heteroatoms. The quantitative estimate of drug-likeness (QED) is 0.397. The Morgan fingerprint density at radius 1 is 1.47 bits per heavy atom. The second-order valence-corrected chi connectivity index (χ2v) is 4.25. The van der Waals surface area contributed by atoms with E-state index in [-0.39, 0.29) is 0 Å². The summed E-state index contributed by atoms with van der Waals surface area (Å²) in [7, 11) is 0. The molecule has 0 unspecified atom stereocenters. The van der Waals surface area contributed by atoms with Gasteiger partial charge in [-0.05, 0) is 12.8 Å². The van der Waals surface area contributed by atoms with Crippen LogP contribution >= 0.6 is 0 Å². The molecule has 0 atom stereocenters. The highest BCUT2D eigenvalue weighted by Crippen LogP contribution is 2.45. The molecule has 0 radical (unpaired) electrons. The largest absolute Gasteiger partial charge is 0.378 e. The van der Waals surface area contributed by atoms with Crippen LogP contribution in [0.1, 0.15) is 12.8 Å². The van der Waals surface area contributed by atoms with Crippen LogP contribution in [0.5, 0.6) is 0 Å². The fourth-order valence-electron chi connectivity index (χ4n) is 2.19. The third-order valence-corrected chi connectivity index (χ3v) is 3.10. The Labute approximate surface area is 89.6 Å². The Morgan fingerprint density at radius 3 is 2.53 bits per heavy atom. The number of hydrogen-bond donors (Lipinski definition) is 1. The first kappa shape index (κ1) is 10.2. The summed E-state index contributed by atoms with van der Waals surface area (Å²) in [6, 6.07) is 2.27. The molecule has 1 saturated carbocycles. The summed E-state index contributed by atoms with van der Waals surface area (Å²) >= 11 is 0. The molecular weight excluding hydrogens is 190 g/mol. The molecule has 80 valence electrons. The molecule has 4 nitrogen and oxygen atoms in total. The minimum Gasteiger partial charge on any atom is -0.378 e. The van der Waals surface area contributed by atoms with Gasteiger partial charge < -0.3 is 9.64 Å². The van der Waals surface area contributed by atoms with Crippen LogP contribution in [0.4, 0.5) is 0 Å². The van der Waals surface area contributed by atoms with Gasteiger partial charge in [0.05, 0.1) is 19.3 Å². The van der Waals surface area contributed by atoms with Gasteiger partial charge in [0.25, 0.3) is 0 Å². The maximum Gasteiger partial charge on any atom is 0.121 e. The van der Waals surface area contributed by atoms with Gasteiger partial charge in [-0.3, -0.25) is 5.41 Å². The second kappa shape index (κ2) is 3.67. The SMILES string of the molecule is C=C1CC(C#N)(C(=N)N2CCOCC2)C1. The molecule has 15 heavy (non-hydrogen) atoms. The molecule has 1 saturated heterocycles. The Bertz CT molecular complexity index is 328. The van der Waals surface area contributed by atoms with E-state index in [9.17, 15) is 0 Å². The third kappa shape index (κ3) is 1.64. The molecule has 0 amide bonds. The van der Waals surface area contributed by atoms with Crippen LogP contribution in [-0.2, 0) is 4.74 Å². The minimum atomic E-state index is -0.589. The highest BCUT2D eigenvalue weighted by molar-refractivity contribution is 5.90. The number of ether oxygens (including phenoxy) is 1. The van der Waals surface area contributed by atoms with Crippen LogP contribution < -0.4 is 0 Å². The summed E-state index contributed by atoms with van der Waals surface area (Å²) in [5, 5.41) is 17.3. The standard InChI is InChI=1S/C11H15N3O/c1-9-6-11(7-9,8-12)10(13)14-2-4-15-5-3-14/h13H,1-7H2. The van der Waals surface area contributed by atoms with Gasteiger partial charge in [-0.1, -0.05) is 12.2 Å². The summed E-state index contributed by atoms with van der Waals surface area (Å²) in [5.41, 5.74) is 0.489. The van der Waals surface area contributed by atoms with E-state index >= 15 is 0 Å². The molecule has 1 N–H and O–H groups in total. The average molecular weight is 205 g/mol. The van der Waals surface area contributed by atoms with Gasteiger partial charge >= 0.3 is 0 Å². The van der Waals surface area contributed by atoms with Crippen molar-refractivity contribution in [3.8, 4) is 6.07 Å². The lowest BCUT2D eigenvalue weighted by molar-refractivity contribution is 0.0631. The summed E-state index contributed by atoms with van der Waals surface area (Å²) < 4.78 is 5.23. The number of nitrogens with one attached hydrogen (secondary N) is 1.